The van der Waals surface area contributed by atoms with Crippen molar-refractivity contribution in [3.05, 3.63) is 60.2 Å². The summed E-state index contributed by atoms with van der Waals surface area (Å²) in [7, 11) is 5.64. The van der Waals surface area contributed by atoms with Gasteiger partial charge in [-0.2, -0.15) is 0 Å². The molecule has 0 unspecified atom stereocenters. The summed E-state index contributed by atoms with van der Waals surface area (Å²) in [5, 5.41) is 6.76. The van der Waals surface area contributed by atoms with Crippen molar-refractivity contribution in [1.82, 2.24) is 10.6 Å². The number of ether oxygens (including phenoxy) is 1. The molecule has 0 fully saturated rings. The summed E-state index contributed by atoms with van der Waals surface area (Å²) in [5.74, 6) is 1.75. The van der Waals surface area contributed by atoms with Crippen LogP contribution in [-0.4, -0.2) is 46.8 Å². The van der Waals surface area contributed by atoms with Crippen molar-refractivity contribution in [1.29, 1.82) is 0 Å². The van der Waals surface area contributed by atoms with Gasteiger partial charge in [-0.1, -0.05) is 30.3 Å². The van der Waals surface area contributed by atoms with E-state index in [-0.39, 0.29) is 24.0 Å². The van der Waals surface area contributed by atoms with E-state index < -0.39 is 0 Å². The molecule has 2 aromatic rings. The second-order valence-corrected chi connectivity index (χ2v) is 6.49. The lowest BCUT2D eigenvalue weighted by atomic mass is 10.1. The number of guanidine groups is 1. The highest BCUT2D eigenvalue weighted by atomic mass is 127. The fourth-order valence-corrected chi connectivity index (χ4v) is 2.83. The van der Waals surface area contributed by atoms with E-state index in [4.69, 9.17) is 4.74 Å². The van der Waals surface area contributed by atoms with E-state index in [0.717, 1.165) is 50.6 Å². The Morgan fingerprint density at radius 2 is 1.64 bits per heavy atom. The van der Waals surface area contributed by atoms with Crippen LogP contribution < -0.4 is 20.3 Å². The highest BCUT2D eigenvalue weighted by Gasteiger charge is 2.01. The van der Waals surface area contributed by atoms with Crippen molar-refractivity contribution >= 4 is 35.6 Å². The maximum Gasteiger partial charge on any atom is 0.190 e. The van der Waals surface area contributed by atoms with Gasteiger partial charge in [0, 0.05) is 39.4 Å². The van der Waals surface area contributed by atoms with E-state index in [9.17, 15) is 0 Å². The zero-order valence-electron chi connectivity index (χ0n) is 17.1. The van der Waals surface area contributed by atoms with E-state index in [2.05, 4.69) is 70.0 Å². The van der Waals surface area contributed by atoms with Crippen LogP contribution in [0.25, 0.3) is 0 Å². The molecule has 0 amide bonds. The van der Waals surface area contributed by atoms with Gasteiger partial charge in [0.15, 0.2) is 5.96 Å². The molecule has 0 aliphatic carbocycles. The molecule has 0 aliphatic heterocycles. The van der Waals surface area contributed by atoms with Gasteiger partial charge >= 0.3 is 0 Å². The number of halogens is 1. The average Bonchev–Trinajstić information content (AvgIpc) is 2.73. The summed E-state index contributed by atoms with van der Waals surface area (Å²) < 4.78 is 5.19. The van der Waals surface area contributed by atoms with Gasteiger partial charge in [0.05, 0.1) is 7.11 Å². The van der Waals surface area contributed by atoms with Gasteiger partial charge in [-0.25, -0.2) is 0 Å². The van der Waals surface area contributed by atoms with Crippen molar-refractivity contribution < 1.29 is 4.74 Å². The standard InChI is InChI=1S/C22H32N4O.HI/c1-23-22(25-17-15-19-11-13-21(27-3)14-12-19)24-16-7-8-18-26(2)20-9-5-4-6-10-20;/h4-6,9-14H,7-8,15-18H2,1-3H3,(H2,23,24,25);1H. The Balaban J connectivity index is 0.00000392. The molecule has 2 aromatic carbocycles. The van der Waals surface area contributed by atoms with Crippen LogP contribution in [0.5, 0.6) is 5.75 Å². The first-order valence-corrected chi connectivity index (χ1v) is 9.56. The van der Waals surface area contributed by atoms with E-state index in [1.807, 2.05) is 19.2 Å². The Morgan fingerprint density at radius 1 is 0.964 bits per heavy atom. The number of rotatable bonds is 10. The number of hydrogen-bond donors (Lipinski definition) is 2. The minimum atomic E-state index is 0. The molecule has 0 atom stereocenters. The Bertz CT molecular complexity index is 677. The summed E-state index contributed by atoms with van der Waals surface area (Å²) in [6, 6.07) is 18.7. The summed E-state index contributed by atoms with van der Waals surface area (Å²) in [6.07, 6.45) is 3.20. The smallest absolute Gasteiger partial charge is 0.190 e. The van der Waals surface area contributed by atoms with Crippen molar-refractivity contribution in [3.63, 3.8) is 0 Å². The molecule has 0 bridgehead atoms. The van der Waals surface area contributed by atoms with E-state index in [0.29, 0.717) is 0 Å². The molecular formula is C22H33IN4O. The molecule has 2 N–H and O–H groups in total. The Morgan fingerprint density at radius 3 is 2.29 bits per heavy atom. The summed E-state index contributed by atoms with van der Waals surface area (Å²) in [6.45, 7) is 2.82. The van der Waals surface area contributed by atoms with Crippen molar-refractivity contribution in [2.45, 2.75) is 19.3 Å². The van der Waals surface area contributed by atoms with Gasteiger partial charge in [-0.05, 0) is 49.1 Å². The van der Waals surface area contributed by atoms with Crippen molar-refractivity contribution in [2.24, 2.45) is 4.99 Å². The lowest BCUT2D eigenvalue weighted by molar-refractivity contribution is 0.414. The lowest BCUT2D eigenvalue weighted by Gasteiger charge is -2.19. The molecule has 2 rings (SSSR count). The van der Waals surface area contributed by atoms with Crippen LogP contribution in [0.15, 0.2) is 59.6 Å². The maximum atomic E-state index is 5.19. The predicted octanol–water partition coefficient (Wildman–Crippen LogP) is 3.94. The molecule has 0 aliphatic rings. The zero-order valence-corrected chi connectivity index (χ0v) is 19.5. The van der Waals surface area contributed by atoms with Crippen LogP contribution >= 0.6 is 24.0 Å². The zero-order chi connectivity index (χ0) is 19.3. The van der Waals surface area contributed by atoms with Crippen LogP contribution in [0.4, 0.5) is 5.69 Å². The Kier molecular flexibility index (Phi) is 12.1. The molecule has 0 spiro atoms. The number of methoxy groups -OCH3 is 1. The molecule has 0 heterocycles. The van der Waals surface area contributed by atoms with Crippen LogP contribution in [-0.2, 0) is 6.42 Å². The normalized spacial score (nSPS) is 10.8. The molecule has 0 aromatic heterocycles. The number of anilines is 1. The monoisotopic (exact) mass is 496 g/mol. The highest BCUT2D eigenvalue weighted by Crippen LogP contribution is 2.12. The molecule has 0 saturated heterocycles. The second kappa shape index (κ2) is 14.1. The van der Waals surface area contributed by atoms with Crippen molar-refractivity contribution in [3.8, 4) is 5.75 Å². The summed E-state index contributed by atoms with van der Waals surface area (Å²) >= 11 is 0. The minimum absolute atomic E-state index is 0. The predicted molar refractivity (Wildman–Crippen MR) is 130 cm³/mol. The molecule has 5 nitrogen and oxygen atoms in total. The van der Waals surface area contributed by atoms with E-state index >= 15 is 0 Å². The fraction of sp³-hybridized carbons (Fsp3) is 0.409. The van der Waals surface area contributed by atoms with Crippen LogP contribution in [0.2, 0.25) is 0 Å². The SMILES string of the molecule is CN=C(NCCCCN(C)c1ccccc1)NCCc1ccc(OC)cc1.I. The first kappa shape index (κ1) is 24.1. The highest BCUT2D eigenvalue weighted by molar-refractivity contribution is 14.0. The molecule has 154 valence electrons. The fourth-order valence-electron chi connectivity index (χ4n) is 2.83. The number of unbranched alkanes of at least 4 members (excludes halogenated alkanes) is 1. The first-order chi connectivity index (χ1) is 13.2. The van der Waals surface area contributed by atoms with Gasteiger partial charge < -0.3 is 20.3 Å². The van der Waals surface area contributed by atoms with Gasteiger partial charge in [0.2, 0.25) is 0 Å². The first-order valence-electron chi connectivity index (χ1n) is 9.56. The Labute approximate surface area is 186 Å². The number of aliphatic imine (C=N–C) groups is 1. The molecule has 0 saturated carbocycles. The molecular weight excluding hydrogens is 463 g/mol. The maximum absolute atomic E-state index is 5.19. The second-order valence-electron chi connectivity index (χ2n) is 6.49. The van der Waals surface area contributed by atoms with Gasteiger partial charge in [-0.15, -0.1) is 24.0 Å². The van der Waals surface area contributed by atoms with Gasteiger partial charge in [0.25, 0.3) is 0 Å². The molecule has 28 heavy (non-hydrogen) atoms. The summed E-state index contributed by atoms with van der Waals surface area (Å²) in [5.41, 5.74) is 2.55. The quantitative estimate of drug-likeness (QED) is 0.227. The van der Waals surface area contributed by atoms with Gasteiger partial charge in [-0.3, -0.25) is 4.99 Å². The number of benzene rings is 2. The topological polar surface area (TPSA) is 48.9 Å². The van der Waals surface area contributed by atoms with Crippen LogP contribution in [0.1, 0.15) is 18.4 Å². The minimum Gasteiger partial charge on any atom is -0.497 e. The Hall–Kier alpha value is -1.96. The average molecular weight is 496 g/mol. The third-order valence-electron chi connectivity index (χ3n) is 4.50. The molecule has 6 heteroatoms. The number of hydrogen-bond acceptors (Lipinski definition) is 3. The third-order valence-corrected chi connectivity index (χ3v) is 4.50. The number of nitrogens with zero attached hydrogens (tertiary/aromatic N) is 2. The van der Waals surface area contributed by atoms with Crippen LogP contribution in [0, 0.1) is 0 Å². The molecule has 0 radical (unpaired) electrons. The summed E-state index contributed by atoms with van der Waals surface area (Å²) in [4.78, 5) is 6.58. The van der Waals surface area contributed by atoms with Crippen LogP contribution in [0.3, 0.4) is 0 Å². The van der Waals surface area contributed by atoms with E-state index in [1.54, 1.807) is 7.11 Å². The third kappa shape index (κ3) is 8.82. The number of nitrogens with one attached hydrogen (secondary N) is 2. The van der Waals surface area contributed by atoms with Crippen molar-refractivity contribution in [2.75, 3.05) is 45.7 Å². The number of para-hydroxylation sites is 1. The lowest BCUT2D eigenvalue weighted by Crippen LogP contribution is -2.38. The largest absolute Gasteiger partial charge is 0.497 e. The van der Waals surface area contributed by atoms with Gasteiger partial charge in [0.1, 0.15) is 5.75 Å². The van der Waals surface area contributed by atoms with E-state index in [1.165, 1.54) is 11.3 Å².